The first-order valence-electron chi connectivity index (χ1n) is 16.6. The van der Waals surface area contributed by atoms with Gasteiger partial charge in [-0.3, -0.25) is 19.1 Å². The number of likely N-dealkylation sites (tertiary alicyclic amines) is 1. The number of carbonyl (C=O) groups is 4. The first kappa shape index (κ1) is 37.4. The number of nitrogens with zero attached hydrogens (tertiary/aromatic N) is 2. The molecule has 2 aromatic rings. The van der Waals surface area contributed by atoms with Crippen molar-refractivity contribution >= 4 is 56.2 Å². The maximum absolute atomic E-state index is 14.4. The Morgan fingerprint density at radius 2 is 1.74 bits per heavy atom. The van der Waals surface area contributed by atoms with E-state index in [9.17, 15) is 27.6 Å². The van der Waals surface area contributed by atoms with Gasteiger partial charge in [0.15, 0.2) is 0 Å². The van der Waals surface area contributed by atoms with Crippen LogP contribution >= 0.6 is 11.6 Å². The number of benzene rings is 1. The Morgan fingerprint density at radius 1 is 1.08 bits per heavy atom. The number of pyridine rings is 1. The number of fused-ring (bicyclic) bond motifs is 1. The second-order valence-electron chi connectivity index (χ2n) is 15.5. The maximum Gasteiger partial charge on any atom is 0.408 e. The zero-order valence-electron chi connectivity index (χ0n) is 29.6. The summed E-state index contributed by atoms with van der Waals surface area (Å²) < 4.78 is 44.6. The van der Waals surface area contributed by atoms with Gasteiger partial charge in [0.05, 0.1) is 25.1 Å². The van der Waals surface area contributed by atoms with Crippen molar-refractivity contribution in [3.8, 4) is 11.6 Å². The highest BCUT2D eigenvalue weighted by Crippen LogP contribution is 2.44. The van der Waals surface area contributed by atoms with Crippen molar-refractivity contribution < 1.29 is 41.8 Å². The number of nitrogens with one attached hydrogen (secondary N) is 3. The molecule has 0 bridgehead atoms. The monoisotopic (exact) mass is 735 g/mol. The van der Waals surface area contributed by atoms with E-state index >= 15 is 0 Å². The van der Waals surface area contributed by atoms with Gasteiger partial charge in [-0.1, -0.05) is 39.3 Å². The first-order valence-corrected chi connectivity index (χ1v) is 18.5. The Hall–Kier alpha value is -3.85. The van der Waals surface area contributed by atoms with Crippen molar-refractivity contribution in [3.63, 3.8) is 0 Å². The van der Waals surface area contributed by atoms with E-state index in [1.165, 1.54) is 18.2 Å². The number of carbonyl (C=O) groups excluding carboxylic acids is 4. The summed E-state index contributed by atoms with van der Waals surface area (Å²) in [6.07, 6.45) is 1.10. The van der Waals surface area contributed by atoms with Crippen molar-refractivity contribution in [2.45, 2.75) is 109 Å². The Labute approximate surface area is 297 Å². The molecule has 0 spiro atoms. The maximum atomic E-state index is 14.4. The van der Waals surface area contributed by atoms with Gasteiger partial charge in [0, 0.05) is 22.2 Å². The van der Waals surface area contributed by atoms with Crippen LogP contribution in [0.3, 0.4) is 0 Å². The van der Waals surface area contributed by atoms with Gasteiger partial charge in [0.25, 0.3) is 5.91 Å². The molecule has 5 atom stereocenters. The highest BCUT2D eigenvalue weighted by molar-refractivity contribution is 7.91. The normalized spacial score (nSPS) is 24.3. The molecule has 5 rings (SSSR count). The molecule has 0 unspecified atom stereocenters. The minimum Gasteiger partial charge on any atom is -0.494 e. The van der Waals surface area contributed by atoms with E-state index in [0.29, 0.717) is 34.4 Å². The first-order chi connectivity index (χ1) is 23.1. The van der Waals surface area contributed by atoms with E-state index in [-0.39, 0.29) is 31.2 Å². The molecule has 3 fully saturated rings. The SMILES string of the molecule is COc1cnc(O[C@@H]2C[C@@H](C(=O)N[C@]3(C(=O)NS(=O)(=O)C4CC4)C[C@H]3C)N(C(=O)[C@@H](NC(=O)OC(C)(C)C)C(C)(C)C)C2)c2cc(Cl)ccc12. The predicted octanol–water partition coefficient (Wildman–Crippen LogP) is 3.69. The summed E-state index contributed by atoms with van der Waals surface area (Å²) >= 11 is 6.31. The summed E-state index contributed by atoms with van der Waals surface area (Å²) in [5, 5.41) is 6.53. The quantitative estimate of drug-likeness (QED) is 0.326. The van der Waals surface area contributed by atoms with Crippen LogP contribution in [0.4, 0.5) is 4.79 Å². The fraction of sp³-hybridized carbons (Fsp3) is 0.618. The second-order valence-corrected chi connectivity index (χ2v) is 17.9. The molecule has 1 saturated heterocycles. The molecule has 50 heavy (non-hydrogen) atoms. The van der Waals surface area contributed by atoms with Gasteiger partial charge in [0.2, 0.25) is 27.7 Å². The van der Waals surface area contributed by atoms with Crippen LogP contribution in [0.2, 0.25) is 5.02 Å². The fourth-order valence-corrected chi connectivity index (χ4v) is 7.69. The van der Waals surface area contributed by atoms with Crippen LogP contribution in [-0.2, 0) is 29.1 Å². The number of aromatic nitrogens is 1. The number of ether oxygens (including phenoxy) is 3. The number of halogens is 1. The molecule has 16 heteroatoms. The topological polar surface area (TPSA) is 182 Å². The number of rotatable bonds is 10. The molecule has 3 aliphatic rings. The van der Waals surface area contributed by atoms with Crippen molar-refractivity contribution in [3.05, 3.63) is 29.4 Å². The highest BCUT2D eigenvalue weighted by atomic mass is 35.5. The Kier molecular flexibility index (Phi) is 10.00. The number of hydrogen-bond acceptors (Lipinski definition) is 10. The Balaban J connectivity index is 1.45. The average molecular weight is 736 g/mol. The summed E-state index contributed by atoms with van der Waals surface area (Å²) in [7, 11) is -2.35. The molecule has 2 saturated carbocycles. The highest BCUT2D eigenvalue weighted by Gasteiger charge is 2.61. The third kappa shape index (κ3) is 8.03. The molecule has 1 aromatic heterocycles. The predicted molar refractivity (Wildman–Crippen MR) is 185 cm³/mol. The molecule has 274 valence electrons. The standard InChI is InChI=1S/C34H46ClN5O9S/c1-18-15-34(18,30(43)39-50(45,46)21-10-11-21)38-27(41)24-14-20(48-28-23-13-19(35)9-12-22(23)25(47-8)16-36-28)17-40(24)29(42)26(32(2,3)4)37-31(44)49-33(5,6)7/h9,12-13,16,18,20-21,24,26H,10-11,14-15,17H2,1-8H3,(H,37,44)(H,38,41)(H,39,43)/t18-,20-,24+,26-,34-/m1/s1. The molecule has 1 aromatic carbocycles. The molecular formula is C34H46ClN5O9S. The van der Waals surface area contributed by atoms with Crippen LogP contribution in [0, 0.1) is 11.3 Å². The molecule has 3 N–H and O–H groups in total. The number of hydrogen-bond donors (Lipinski definition) is 3. The minimum absolute atomic E-state index is 0.00307. The van der Waals surface area contributed by atoms with Crippen LogP contribution < -0.4 is 24.8 Å². The van der Waals surface area contributed by atoms with Crippen molar-refractivity contribution in [1.82, 2.24) is 25.2 Å². The van der Waals surface area contributed by atoms with E-state index in [0.717, 1.165) is 0 Å². The van der Waals surface area contributed by atoms with E-state index in [2.05, 4.69) is 20.3 Å². The van der Waals surface area contributed by atoms with Crippen molar-refractivity contribution in [2.75, 3.05) is 13.7 Å². The van der Waals surface area contributed by atoms with E-state index in [4.69, 9.17) is 25.8 Å². The second kappa shape index (κ2) is 13.4. The zero-order chi connectivity index (χ0) is 37.0. The molecule has 1 aliphatic heterocycles. The lowest BCUT2D eigenvalue weighted by Crippen LogP contribution is -2.60. The summed E-state index contributed by atoms with van der Waals surface area (Å²) in [6.45, 7) is 12.1. The number of amides is 4. The largest absolute Gasteiger partial charge is 0.494 e. The van der Waals surface area contributed by atoms with Gasteiger partial charge in [-0.15, -0.1) is 0 Å². The van der Waals surface area contributed by atoms with Gasteiger partial charge in [-0.2, -0.15) is 0 Å². The van der Waals surface area contributed by atoms with Gasteiger partial charge < -0.3 is 29.7 Å². The summed E-state index contributed by atoms with van der Waals surface area (Å²) in [5.41, 5.74) is -3.11. The molecule has 14 nitrogen and oxygen atoms in total. The van der Waals surface area contributed by atoms with Gasteiger partial charge in [-0.25, -0.2) is 18.2 Å². The summed E-state index contributed by atoms with van der Waals surface area (Å²) in [6, 6.07) is 2.88. The van der Waals surface area contributed by atoms with Gasteiger partial charge in [-0.05, 0) is 69.6 Å². The van der Waals surface area contributed by atoms with Crippen molar-refractivity contribution in [2.24, 2.45) is 11.3 Å². The molecule has 0 radical (unpaired) electrons. The lowest BCUT2D eigenvalue weighted by Gasteiger charge is -2.36. The van der Waals surface area contributed by atoms with Gasteiger partial charge in [0.1, 0.15) is 35.1 Å². The number of alkyl carbamates (subject to hydrolysis) is 1. The van der Waals surface area contributed by atoms with Crippen LogP contribution in [0.25, 0.3) is 10.8 Å². The summed E-state index contributed by atoms with van der Waals surface area (Å²) in [5.74, 6) is -1.68. The van der Waals surface area contributed by atoms with Crippen LogP contribution in [0.5, 0.6) is 11.6 Å². The zero-order valence-corrected chi connectivity index (χ0v) is 31.2. The molecular weight excluding hydrogens is 690 g/mol. The molecule has 4 amide bonds. The Bertz CT molecular complexity index is 1800. The third-order valence-corrected chi connectivity index (χ3v) is 11.2. The fourth-order valence-electron chi connectivity index (χ4n) is 6.15. The molecule has 2 aliphatic carbocycles. The third-order valence-electron chi connectivity index (χ3n) is 9.16. The Morgan fingerprint density at radius 3 is 2.30 bits per heavy atom. The average Bonchev–Trinajstić information content (AvgIpc) is 3.92. The number of sulfonamides is 1. The smallest absolute Gasteiger partial charge is 0.408 e. The van der Waals surface area contributed by atoms with E-state index in [1.54, 1.807) is 66.7 Å². The van der Waals surface area contributed by atoms with Crippen LogP contribution in [0.15, 0.2) is 24.4 Å². The van der Waals surface area contributed by atoms with Gasteiger partial charge >= 0.3 is 6.09 Å². The minimum atomic E-state index is -3.87. The lowest BCUT2D eigenvalue weighted by atomic mass is 9.85. The van der Waals surface area contributed by atoms with Crippen molar-refractivity contribution in [1.29, 1.82) is 0 Å². The molecule has 2 heterocycles. The number of methoxy groups -OCH3 is 1. The van der Waals surface area contributed by atoms with E-state index in [1.807, 2.05) is 0 Å². The van der Waals surface area contributed by atoms with Crippen LogP contribution in [0.1, 0.15) is 74.1 Å². The lowest BCUT2D eigenvalue weighted by molar-refractivity contribution is -0.143. The van der Waals surface area contributed by atoms with Crippen LogP contribution in [-0.4, -0.2) is 90.3 Å². The van der Waals surface area contributed by atoms with E-state index < -0.39 is 73.8 Å². The summed E-state index contributed by atoms with van der Waals surface area (Å²) in [4.78, 5) is 60.5.